The van der Waals surface area contributed by atoms with E-state index in [4.69, 9.17) is 10.2 Å². The molecule has 1 unspecified atom stereocenters. The number of halogens is 1. The third-order valence-electron chi connectivity index (χ3n) is 0.859. The highest BCUT2D eigenvalue weighted by atomic mass is 19.2. The molecule has 5 heteroatoms. The van der Waals surface area contributed by atoms with Crippen molar-refractivity contribution in [3.63, 3.8) is 0 Å². The molecule has 1 aliphatic heterocycles. The van der Waals surface area contributed by atoms with Gasteiger partial charge in [-0.2, -0.15) is 9.49 Å². The Kier molecular flexibility index (Phi) is 1.14. The van der Waals surface area contributed by atoms with Crippen molar-refractivity contribution in [3.8, 4) is 0 Å². The quantitative estimate of drug-likeness (QED) is 0.394. The van der Waals surface area contributed by atoms with E-state index in [2.05, 4.69) is 5.10 Å². The Morgan fingerprint density at radius 3 is 2.78 bits per heavy atom. The monoisotopic (exact) mass is 132 g/mol. The Bertz CT molecular complexity index is 175. The van der Waals surface area contributed by atoms with E-state index in [0.29, 0.717) is 0 Å². The minimum Gasteiger partial charge on any atom is -0.505 e. The summed E-state index contributed by atoms with van der Waals surface area (Å²) in [6.07, 6.45) is 2.08. The fraction of sp³-hybridized carbons (Fsp3) is 0.250. The largest absolute Gasteiger partial charge is 0.505 e. The molecule has 50 valence electrons. The summed E-state index contributed by atoms with van der Waals surface area (Å²) in [6, 6.07) is 0. The van der Waals surface area contributed by atoms with Crippen LogP contribution in [0.1, 0.15) is 0 Å². The molecule has 0 aromatic heterocycles. The maximum atomic E-state index is 12.3. The molecular weight excluding hydrogens is 127 g/mol. The average Bonchev–Trinajstić information content (AvgIpc) is 1.77. The summed E-state index contributed by atoms with van der Waals surface area (Å²) in [5.74, 6) is -3.69. The lowest BCUT2D eigenvalue weighted by Gasteiger charge is -2.18. The van der Waals surface area contributed by atoms with Crippen LogP contribution in [0.2, 0.25) is 0 Å². The maximum absolute atomic E-state index is 12.3. The van der Waals surface area contributed by atoms with Crippen LogP contribution in [-0.4, -0.2) is 22.4 Å². The Morgan fingerprint density at radius 1 is 1.78 bits per heavy atom. The number of allylic oxidation sites excluding steroid dienone is 1. The Labute approximate surface area is 50.3 Å². The van der Waals surface area contributed by atoms with Gasteiger partial charge in [-0.25, -0.2) is 5.43 Å². The molecule has 0 amide bonds. The molecule has 1 aliphatic rings. The Balaban J connectivity index is 2.83. The number of rotatable bonds is 0. The molecule has 0 saturated heterocycles. The number of nitrogens with one attached hydrogen (secondary N) is 1. The van der Waals surface area contributed by atoms with Crippen LogP contribution in [0.5, 0.6) is 0 Å². The van der Waals surface area contributed by atoms with Crippen LogP contribution >= 0.6 is 0 Å². The van der Waals surface area contributed by atoms with Gasteiger partial charge in [0.1, 0.15) is 0 Å². The summed E-state index contributed by atoms with van der Waals surface area (Å²) in [6.45, 7) is 0. The van der Waals surface area contributed by atoms with E-state index in [1.807, 2.05) is 0 Å². The average molecular weight is 132 g/mol. The second kappa shape index (κ2) is 1.70. The normalized spacial score (nSPS) is 33.3. The summed E-state index contributed by atoms with van der Waals surface area (Å²) in [4.78, 5) is 0. The molecule has 0 bridgehead atoms. The smallest absolute Gasteiger partial charge is 0.359 e. The minimum absolute atomic E-state index is 0.794. The van der Waals surface area contributed by atoms with Gasteiger partial charge in [0.25, 0.3) is 0 Å². The number of hydrogen-bond donors (Lipinski definition) is 3. The van der Waals surface area contributed by atoms with E-state index >= 15 is 0 Å². The zero-order chi connectivity index (χ0) is 6.91. The first-order valence-corrected chi connectivity index (χ1v) is 2.24. The van der Waals surface area contributed by atoms with Gasteiger partial charge in [-0.3, -0.25) is 0 Å². The van der Waals surface area contributed by atoms with E-state index in [9.17, 15) is 4.39 Å². The topological polar surface area (TPSA) is 64.9 Å². The van der Waals surface area contributed by atoms with Crippen molar-refractivity contribution in [1.82, 2.24) is 5.43 Å². The molecule has 3 N–H and O–H groups in total. The Morgan fingerprint density at radius 2 is 2.44 bits per heavy atom. The van der Waals surface area contributed by atoms with Crippen molar-refractivity contribution < 1.29 is 14.6 Å². The third kappa shape index (κ3) is 0.996. The fourth-order valence-corrected chi connectivity index (χ4v) is 0.398. The van der Waals surface area contributed by atoms with Crippen molar-refractivity contribution in [2.45, 2.75) is 5.98 Å². The second-order valence-electron chi connectivity index (χ2n) is 1.56. The number of hydrogen-bond acceptors (Lipinski definition) is 4. The lowest BCUT2D eigenvalue weighted by Crippen LogP contribution is -2.41. The highest BCUT2D eigenvalue weighted by Gasteiger charge is 2.32. The van der Waals surface area contributed by atoms with Crippen molar-refractivity contribution in [2.75, 3.05) is 0 Å². The fourth-order valence-electron chi connectivity index (χ4n) is 0.398. The summed E-state index contributed by atoms with van der Waals surface area (Å²) in [7, 11) is 0. The molecule has 1 heterocycles. The van der Waals surface area contributed by atoms with Crippen LogP contribution in [0, 0.1) is 0 Å². The molecule has 4 nitrogen and oxygen atoms in total. The molecule has 0 aromatic rings. The van der Waals surface area contributed by atoms with Gasteiger partial charge in [0.15, 0.2) is 5.76 Å². The van der Waals surface area contributed by atoms with Crippen LogP contribution in [0.3, 0.4) is 0 Å². The first-order chi connectivity index (χ1) is 4.13. The van der Waals surface area contributed by atoms with Crippen molar-refractivity contribution in [1.29, 1.82) is 0 Å². The molecule has 0 aliphatic carbocycles. The van der Waals surface area contributed by atoms with Gasteiger partial charge in [0.05, 0.1) is 6.21 Å². The predicted molar refractivity (Wildman–Crippen MR) is 28.4 cm³/mol. The summed E-state index contributed by atoms with van der Waals surface area (Å²) in [5.41, 5.74) is 1.65. The standard InChI is InChI=1S/C4H5FN2O2/c5-4(9)3(8)1-2-6-7-4/h1-2,7-9H. The molecule has 9 heavy (non-hydrogen) atoms. The van der Waals surface area contributed by atoms with Crippen molar-refractivity contribution in [2.24, 2.45) is 5.10 Å². The van der Waals surface area contributed by atoms with E-state index in [0.717, 1.165) is 12.3 Å². The molecule has 0 fully saturated rings. The number of nitrogens with zero attached hydrogens (tertiary/aromatic N) is 1. The molecule has 0 radical (unpaired) electrons. The number of aliphatic hydroxyl groups is 2. The number of alkyl halides is 1. The summed E-state index contributed by atoms with van der Waals surface area (Å²) in [5, 5.41) is 20.1. The summed E-state index contributed by atoms with van der Waals surface area (Å²) < 4.78 is 12.3. The maximum Gasteiger partial charge on any atom is 0.359 e. The number of aliphatic hydroxyl groups excluding tert-OH is 1. The van der Waals surface area contributed by atoms with E-state index in [1.165, 1.54) is 0 Å². The van der Waals surface area contributed by atoms with Crippen molar-refractivity contribution >= 4 is 6.21 Å². The highest BCUT2D eigenvalue weighted by molar-refractivity contribution is 5.72. The molecule has 0 aromatic carbocycles. The van der Waals surface area contributed by atoms with Crippen LogP contribution in [0.25, 0.3) is 0 Å². The van der Waals surface area contributed by atoms with Gasteiger partial charge in [-0.1, -0.05) is 0 Å². The van der Waals surface area contributed by atoms with Crippen LogP contribution < -0.4 is 5.43 Å². The lowest BCUT2D eigenvalue weighted by atomic mass is 10.4. The van der Waals surface area contributed by atoms with Gasteiger partial charge in [-0.05, 0) is 0 Å². The van der Waals surface area contributed by atoms with Gasteiger partial charge in [0, 0.05) is 6.08 Å². The number of hydrazone groups is 1. The second-order valence-corrected chi connectivity index (χ2v) is 1.56. The zero-order valence-corrected chi connectivity index (χ0v) is 4.37. The highest BCUT2D eigenvalue weighted by Crippen LogP contribution is 2.13. The summed E-state index contributed by atoms with van der Waals surface area (Å²) >= 11 is 0. The Hall–Kier alpha value is -1.10. The van der Waals surface area contributed by atoms with Gasteiger partial charge in [0.2, 0.25) is 0 Å². The molecule has 1 atom stereocenters. The molecule has 0 spiro atoms. The minimum atomic E-state index is -2.89. The SMILES string of the molecule is OC1=CC=NNC1(O)F. The van der Waals surface area contributed by atoms with Crippen LogP contribution in [-0.2, 0) is 0 Å². The van der Waals surface area contributed by atoms with E-state index in [-0.39, 0.29) is 0 Å². The van der Waals surface area contributed by atoms with Crippen LogP contribution in [0.4, 0.5) is 4.39 Å². The van der Waals surface area contributed by atoms with Gasteiger partial charge < -0.3 is 10.2 Å². The zero-order valence-electron chi connectivity index (χ0n) is 4.37. The van der Waals surface area contributed by atoms with Crippen LogP contribution in [0.15, 0.2) is 16.9 Å². The molecular formula is C4H5FN2O2. The van der Waals surface area contributed by atoms with E-state index in [1.54, 1.807) is 5.43 Å². The third-order valence-corrected chi connectivity index (χ3v) is 0.859. The first kappa shape index (κ1) is 6.03. The van der Waals surface area contributed by atoms with Crippen molar-refractivity contribution in [3.05, 3.63) is 11.8 Å². The van der Waals surface area contributed by atoms with E-state index < -0.39 is 11.7 Å². The van der Waals surface area contributed by atoms with Gasteiger partial charge >= 0.3 is 5.98 Å². The van der Waals surface area contributed by atoms with Gasteiger partial charge in [-0.15, -0.1) is 0 Å². The first-order valence-electron chi connectivity index (χ1n) is 2.24. The molecule has 0 saturated carbocycles. The molecule has 1 rings (SSSR count). The predicted octanol–water partition coefficient (Wildman–Crippen LogP) is -0.367. The lowest BCUT2D eigenvalue weighted by molar-refractivity contribution is -0.110.